The van der Waals surface area contributed by atoms with Crippen molar-refractivity contribution in [1.29, 1.82) is 0 Å². The largest absolute Gasteiger partial charge is 0.334 e. The van der Waals surface area contributed by atoms with Crippen LogP contribution in [0.25, 0.3) is 17.5 Å². The van der Waals surface area contributed by atoms with Gasteiger partial charge in [0.2, 0.25) is 5.82 Å². The SMILES string of the molecule is CN(C)C(CCc1ccccc1)C1CCC(=C=Cc2nc(-c3cccc(Cl)c3)no2)CC1. The second-order valence-corrected chi connectivity index (χ2v) is 9.19. The van der Waals surface area contributed by atoms with Crippen LogP contribution >= 0.6 is 11.6 Å². The average Bonchev–Trinajstić information content (AvgIpc) is 3.28. The number of rotatable bonds is 7. The Bertz CT molecular complexity index is 1070. The summed E-state index contributed by atoms with van der Waals surface area (Å²) >= 11 is 6.06. The van der Waals surface area contributed by atoms with Crippen molar-refractivity contribution in [2.75, 3.05) is 14.1 Å². The van der Waals surface area contributed by atoms with Gasteiger partial charge < -0.3 is 9.42 Å². The molecule has 0 spiro atoms. The molecular weight excluding hydrogens is 418 g/mol. The van der Waals surface area contributed by atoms with E-state index >= 15 is 0 Å². The maximum atomic E-state index is 6.06. The number of hydrogen-bond donors (Lipinski definition) is 0. The minimum atomic E-state index is 0.476. The van der Waals surface area contributed by atoms with Gasteiger partial charge in [0.05, 0.1) is 0 Å². The van der Waals surface area contributed by atoms with Crippen LogP contribution in [-0.4, -0.2) is 35.2 Å². The van der Waals surface area contributed by atoms with Crippen molar-refractivity contribution in [3.63, 3.8) is 0 Å². The summed E-state index contributed by atoms with van der Waals surface area (Å²) in [5, 5.41) is 4.72. The van der Waals surface area contributed by atoms with E-state index in [0.29, 0.717) is 22.8 Å². The summed E-state index contributed by atoms with van der Waals surface area (Å²) in [6, 6.07) is 18.9. The fraction of sp³-hybridized carbons (Fsp3) is 0.370. The minimum absolute atomic E-state index is 0.476. The highest BCUT2D eigenvalue weighted by molar-refractivity contribution is 6.30. The van der Waals surface area contributed by atoms with E-state index in [1.165, 1.54) is 30.4 Å². The van der Waals surface area contributed by atoms with Crippen molar-refractivity contribution in [3.8, 4) is 11.4 Å². The molecule has 1 unspecified atom stereocenters. The smallest absolute Gasteiger partial charge is 0.258 e. The van der Waals surface area contributed by atoms with E-state index in [2.05, 4.69) is 65.2 Å². The van der Waals surface area contributed by atoms with E-state index < -0.39 is 0 Å². The van der Waals surface area contributed by atoms with Gasteiger partial charge in [-0.2, -0.15) is 4.98 Å². The topological polar surface area (TPSA) is 42.2 Å². The van der Waals surface area contributed by atoms with Crippen molar-refractivity contribution < 1.29 is 4.52 Å². The summed E-state index contributed by atoms with van der Waals surface area (Å²) in [6.45, 7) is 0. The zero-order valence-corrected chi connectivity index (χ0v) is 19.6. The molecule has 0 aliphatic heterocycles. The molecule has 0 bridgehead atoms. The molecular formula is C27H30ClN3O. The first-order valence-electron chi connectivity index (χ1n) is 11.3. The lowest BCUT2D eigenvalue weighted by atomic mass is 9.79. The molecule has 1 fully saturated rings. The molecule has 1 aliphatic rings. The minimum Gasteiger partial charge on any atom is -0.334 e. The predicted molar refractivity (Wildman–Crippen MR) is 130 cm³/mol. The molecule has 2 aromatic carbocycles. The lowest BCUT2D eigenvalue weighted by Gasteiger charge is -2.35. The Morgan fingerprint density at radius 1 is 1.12 bits per heavy atom. The predicted octanol–water partition coefficient (Wildman–Crippen LogP) is 6.68. The van der Waals surface area contributed by atoms with Crippen molar-refractivity contribution in [2.45, 2.75) is 44.6 Å². The Labute approximate surface area is 195 Å². The zero-order valence-electron chi connectivity index (χ0n) is 18.8. The molecule has 1 heterocycles. The van der Waals surface area contributed by atoms with Crippen molar-refractivity contribution in [3.05, 3.63) is 82.4 Å². The van der Waals surface area contributed by atoms with Crippen LogP contribution in [0.3, 0.4) is 0 Å². The van der Waals surface area contributed by atoms with Gasteiger partial charge in [-0.25, -0.2) is 0 Å². The molecule has 0 amide bonds. The van der Waals surface area contributed by atoms with Crippen LogP contribution in [0.5, 0.6) is 0 Å². The molecule has 1 aliphatic carbocycles. The third-order valence-electron chi connectivity index (χ3n) is 6.34. The fourth-order valence-electron chi connectivity index (χ4n) is 4.59. The second-order valence-electron chi connectivity index (χ2n) is 8.75. The quantitative estimate of drug-likeness (QED) is 0.379. The zero-order chi connectivity index (χ0) is 22.3. The van der Waals surface area contributed by atoms with Gasteiger partial charge in [-0.1, -0.05) is 59.2 Å². The van der Waals surface area contributed by atoms with Crippen LogP contribution in [0.1, 0.15) is 43.6 Å². The van der Waals surface area contributed by atoms with Crippen molar-refractivity contribution in [2.24, 2.45) is 5.92 Å². The monoisotopic (exact) mass is 447 g/mol. The van der Waals surface area contributed by atoms with Crippen LogP contribution in [0.15, 0.2) is 70.4 Å². The first-order valence-corrected chi connectivity index (χ1v) is 11.7. The van der Waals surface area contributed by atoms with Crippen LogP contribution in [-0.2, 0) is 6.42 Å². The fourth-order valence-corrected chi connectivity index (χ4v) is 4.79. The molecule has 4 rings (SSSR count). The van der Waals surface area contributed by atoms with E-state index in [4.69, 9.17) is 16.1 Å². The molecule has 1 atom stereocenters. The average molecular weight is 448 g/mol. The molecule has 4 nitrogen and oxygen atoms in total. The van der Waals surface area contributed by atoms with Gasteiger partial charge in [0.1, 0.15) is 0 Å². The van der Waals surface area contributed by atoms with Crippen molar-refractivity contribution in [1.82, 2.24) is 15.0 Å². The van der Waals surface area contributed by atoms with E-state index in [1.807, 2.05) is 30.3 Å². The third kappa shape index (κ3) is 5.98. The molecule has 0 saturated heterocycles. The van der Waals surface area contributed by atoms with Crippen molar-refractivity contribution >= 4 is 17.7 Å². The first kappa shape index (κ1) is 22.5. The van der Waals surface area contributed by atoms with Crippen LogP contribution < -0.4 is 0 Å². The highest BCUT2D eigenvalue weighted by Crippen LogP contribution is 2.33. The molecule has 166 valence electrons. The van der Waals surface area contributed by atoms with Gasteiger partial charge in [0.25, 0.3) is 5.89 Å². The lowest BCUT2D eigenvalue weighted by Crippen LogP contribution is -2.37. The Morgan fingerprint density at radius 3 is 2.62 bits per heavy atom. The highest BCUT2D eigenvalue weighted by Gasteiger charge is 2.26. The summed E-state index contributed by atoms with van der Waals surface area (Å²) < 4.78 is 5.37. The Kier molecular flexibility index (Phi) is 7.59. The summed E-state index contributed by atoms with van der Waals surface area (Å²) in [5.41, 5.74) is 7.03. The first-order chi connectivity index (χ1) is 15.6. The molecule has 5 heteroatoms. The van der Waals surface area contributed by atoms with Gasteiger partial charge in [0, 0.05) is 22.7 Å². The number of halogens is 1. The van der Waals surface area contributed by atoms with Gasteiger partial charge in [-0.3, -0.25) is 0 Å². The van der Waals surface area contributed by atoms with Gasteiger partial charge >= 0.3 is 0 Å². The number of hydrogen-bond acceptors (Lipinski definition) is 4. The Morgan fingerprint density at radius 2 is 1.91 bits per heavy atom. The standard InChI is InChI=1S/C27H30ClN3O/c1-31(2)25(17-13-20-7-4-3-5-8-20)22-15-11-21(12-16-22)14-18-26-29-27(30-32-26)23-9-6-10-24(28)19-23/h3-10,18-19,22,25H,11-13,15-17H2,1-2H3. The van der Waals surface area contributed by atoms with E-state index in [-0.39, 0.29) is 0 Å². The highest BCUT2D eigenvalue weighted by atomic mass is 35.5. The molecule has 32 heavy (non-hydrogen) atoms. The number of aromatic nitrogens is 2. The molecule has 1 aromatic heterocycles. The molecule has 3 aromatic rings. The van der Waals surface area contributed by atoms with E-state index in [9.17, 15) is 0 Å². The molecule has 0 radical (unpaired) electrons. The molecule has 1 saturated carbocycles. The Hall–Kier alpha value is -2.65. The second kappa shape index (κ2) is 10.8. The van der Waals surface area contributed by atoms with Gasteiger partial charge in [0.15, 0.2) is 0 Å². The number of nitrogens with zero attached hydrogens (tertiary/aromatic N) is 3. The number of benzene rings is 2. The number of aryl methyl sites for hydroxylation is 1. The van der Waals surface area contributed by atoms with Crippen LogP contribution in [0, 0.1) is 5.92 Å². The summed E-state index contributed by atoms with van der Waals surface area (Å²) in [5.74, 6) is 1.74. The summed E-state index contributed by atoms with van der Waals surface area (Å²) in [4.78, 5) is 6.86. The van der Waals surface area contributed by atoms with Crippen LogP contribution in [0.2, 0.25) is 5.02 Å². The summed E-state index contributed by atoms with van der Waals surface area (Å²) in [7, 11) is 4.43. The van der Waals surface area contributed by atoms with Gasteiger partial charge in [-0.15, -0.1) is 5.73 Å². The normalized spacial score (nSPS) is 17.2. The van der Waals surface area contributed by atoms with E-state index in [0.717, 1.165) is 30.7 Å². The van der Waals surface area contributed by atoms with Crippen LogP contribution in [0.4, 0.5) is 0 Å². The summed E-state index contributed by atoms with van der Waals surface area (Å²) in [6.07, 6.45) is 8.70. The van der Waals surface area contributed by atoms with Gasteiger partial charge in [-0.05, 0) is 81.8 Å². The molecule has 0 N–H and O–H groups in total. The Balaban J connectivity index is 1.35. The maximum absolute atomic E-state index is 6.06. The third-order valence-corrected chi connectivity index (χ3v) is 6.57. The van der Waals surface area contributed by atoms with E-state index in [1.54, 1.807) is 0 Å². The number of allylic oxidation sites excluding steroid dienone is 1. The maximum Gasteiger partial charge on any atom is 0.258 e. The lowest BCUT2D eigenvalue weighted by molar-refractivity contribution is 0.171.